The molecule has 0 unspecified atom stereocenters. The zero-order chi connectivity index (χ0) is 13.1. The molecule has 19 heavy (non-hydrogen) atoms. The van der Waals surface area contributed by atoms with E-state index in [0.717, 1.165) is 6.54 Å². The summed E-state index contributed by atoms with van der Waals surface area (Å²) in [4.78, 5) is 0. The lowest BCUT2D eigenvalue weighted by Gasteiger charge is -2.32. The Morgan fingerprint density at radius 2 is 1.79 bits per heavy atom. The van der Waals surface area contributed by atoms with Gasteiger partial charge in [-0.05, 0) is 25.7 Å². The molecule has 0 radical (unpaired) electrons. The summed E-state index contributed by atoms with van der Waals surface area (Å²) < 4.78 is 2.37. The van der Waals surface area contributed by atoms with E-state index in [4.69, 9.17) is 5.73 Å². The molecule has 1 aromatic rings. The predicted octanol–water partition coefficient (Wildman–Crippen LogP) is 2.94. The second kappa shape index (κ2) is 5.61. The van der Waals surface area contributed by atoms with E-state index in [-0.39, 0.29) is 5.41 Å². The molecule has 0 spiro atoms. The van der Waals surface area contributed by atoms with Gasteiger partial charge in [0.15, 0.2) is 0 Å². The molecule has 2 saturated carbocycles. The van der Waals surface area contributed by atoms with E-state index < -0.39 is 0 Å². The Hall–Kier alpha value is -0.900. The molecule has 4 heteroatoms. The first-order valence-corrected chi connectivity index (χ1v) is 7.96. The lowest BCUT2D eigenvalue weighted by molar-refractivity contribution is 0.329. The highest BCUT2D eigenvalue weighted by molar-refractivity contribution is 5.11. The van der Waals surface area contributed by atoms with Crippen molar-refractivity contribution in [2.24, 2.45) is 5.73 Å². The number of hydrogen-bond acceptors (Lipinski definition) is 3. The van der Waals surface area contributed by atoms with Crippen molar-refractivity contribution < 1.29 is 0 Å². The standard InChI is InChI=1S/C15H26N4/c16-11-15(9-5-1-2-6-10-15)14-18-17-12-19(14)13-7-3-4-8-13/h12-13H,1-11,16H2. The number of nitrogens with two attached hydrogens (primary N) is 1. The molecule has 4 nitrogen and oxygen atoms in total. The van der Waals surface area contributed by atoms with Crippen molar-refractivity contribution in [1.82, 2.24) is 14.8 Å². The van der Waals surface area contributed by atoms with E-state index in [1.54, 1.807) is 0 Å². The first-order valence-electron chi connectivity index (χ1n) is 7.96. The van der Waals surface area contributed by atoms with Crippen molar-refractivity contribution in [2.75, 3.05) is 6.54 Å². The van der Waals surface area contributed by atoms with Crippen LogP contribution in [0.4, 0.5) is 0 Å². The molecule has 2 fully saturated rings. The van der Waals surface area contributed by atoms with Crippen LogP contribution in [0, 0.1) is 0 Å². The molecule has 2 aliphatic rings. The molecule has 0 aliphatic heterocycles. The highest BCUT2D eigenvalue weighted by Crippen LogP contribution is 2.39. The number of aromatic nitrogens is 3. The maximum Gasteiger partial charge on any atom is 0.140 e. The van der Waals surface area contributed by atoms with Gasteiger partial charge in [0.2, 0.25) is 0 Å². The van der Waals surface area contributed by atoms with Gasteiger partial charge in [-0.3, -0.25) is 0 Å². The van der Waals surface area contributed by atoms with Crippen LogP contribution in [0.15, 0.2) is 6.33 Å². The summed E-state index contributed by atoms with van der Waals surface area (Å²) in [6.07, 6.45) is 14.9. The molecular weight excluding hydrogens is 236 g/mol. The zero-order valence-corrected chi connectivity index (χ0v) is 11.9. The van der Waals surface area contributed by atoms with Gasteiger partial charge in [-0.25, -0.2) is 0 Å². The monoisotopic (exact) mass is 262 g/mol. The summed E-state index contributed by atoms with van der Waals surface area (Å²) in [5.74, 6) is 1.18. The smallest absolute Gasteiger partial charge is 0.140 e. The number of nitrogens with zero attached hydrogens (tertiary/aromatic N) is 3. The Morgan fingerprint density at radius 3 is 2.42 bits per heavy atom. The van der Waals surface area contributed by atoms with Crippen LogP contribution in [0.1, 0.15) is 76.1 Å². The van der Waals surface area contributed by atoms with E-state index in [0.29, 0.717) is 6.04 Å². The second-order valence-corrected chi connectivity index (χ2v) is 6.40. The molecule has 0 aromatic carbocycles. The second-order valence-electron chi connectivity index (χ2n) is 6.40. The fourth-order valence-corrected chi connectivity index (χ4v) is 4.00. The third-order valence-corrected chi connectivity index (χ3v) is 5.22. The molecule has 0 atom stereocenters. The molecule has 2 N–H and O–H groups in total. The van der Waals surface area contributed by atoms with Crippen LogP contribution in [-0.2, 0) is 5.41 Å². The van der Waals surface area contributed by atoms with Gasteiger partial charge in [0, 0.05) is 18.0 Å². The minimum absolute atomic E-state index is 0.0928. The molecule has 0 amide bonds. The van der Waals surface area contributed by atoms with Gasteiger partial charge in [-0.2, -0.15) is 0 Å². The largest absolute Gasteiger partial charge is 0.329 e. The Labute approximate surface area is 115 Å². The van der Waals surface area contributed by atoms with Gasteiger partial charge in [-0.15, -0.1) is 10.2 Å². The van der Waals surface area contributed by atoms with Crippen molar-refractivity contribution in [3.8, 4) is 0 Å². The maximum atomic E-state index is 6.19. The van der Waals surface area contributed by atoms with Gasteiger partial charge >= 0.3 is 0 Å². The van der Waals surface area contributed by atoms with Crippen molar-refractivity contribution in [3.05, 3.63) is 12.2 Å². The number of rotatable bonds is 3. The average molecular weight is 262 g/mol. The topological polar surface area (TPSA) is 56.7 Å². The Bertz CT molecular complexity index is 398. The fourth-order valence-electron chi connectivity index (χ4n) is 4.00. The number of hydrogen-bond donors (Lipinski definition) is 1. The summed E-state index contributed by atoms with van der Waals surface area (Å²) in [5.41, 5.74) is 6.28. The highest BCUT2D eigenvalue weighted by atomic mass is 15.3. The van der Waals surface area contributed by atoms with Crippen LogP contribution < -0.4 is 5.73 Å². The van der Waals surface area contributed by atoms with Crippen molar-refractivity contribution >= 4 is 0 Å². The third kappa shape index (κ3) is 2.42. The van der Waals surface area contributed by atoms with Gasteiger partial charge in [-0.1, -0.05) is 38.5 Å². The first kappa shape index (κ1) is 13.1. The third-order valence-electron chi connectivity index (χ3n) is 5.22. The van der Waals surface area contributed by atoms with Gasteiger partial charge in [0.05, 0.1) is 0 Å². The zero-order valence-electron chi connectivity index (χ0n) is 11.9. The Balaban J connectivity index is 1.92. The van der Waals surface area contributed by atoms with Crippen molar-refractivity contribution in [3.63, 3.8) is 0 Å². The van der Waals surface area contributed by atoms with Gasteiger partial charge in [0.25, 0.3) is 0 Å². The SMILES string of the molecule is NCC1(c2nncn2C2CCCC2)CCCCCC1. The Kier molecular flexibility index (Phi) is 3.87. The van der Waals surface area contributed by atoms with Crippen LogP contribution in [0.2, 0.25) is 0 Å². The Morgan fingerprint density at radius 1 is 1.11 bits per heavy atom. The van der Waals surface area contributed by atoms with Crippen LogP contribution in [0.5, 0.6) is 0 Å². The normalized spacial score (nSPS) is 24.5. The van der Waals surface area contributed by atoms with E-state index in [1.165, 1.54) is 70.0 Å². The quantitative estimate of drug-likeness (QED) is 0.852. The molecule has 1 heterocycles. The van der Waals surface area contributed by atoms with Crippen LogP contribution >= 0.6 is 0 Å². The maximum absolute atomic E-state index is 6.19. The summed E-state index contributed by atoms with van der Waals surface area (Å²) in [5, 5.41) is 8.72. The molecule has 2 aliphatic carbocycles. The van der Waals surface area contributed by atoms with Gasteiger partial charge < -0.3 is 10.3 Å². The predicted molar refractivity (Wildman–Crippen MR) is 76.0 cm³/mol. The van der Waals surface area contributed by atoms with Crippen LogP contribution in [0.3, 0.4) is 0 Å². The van der Waals surface area contributed by atoms with Crippen LogP contribution in [0.25, 0.3) is 0 Å². The fraction of sp³-hybridized carbons (Fsp3) is 0.867. The minimum Gasteiger partial charge on any atom is -0.329 e. The summed E-state index contributed by atoms with van der Waals surface area (Å²) in [6, 6.07) is 0.622. The summed E-state index contributed by atoms with van der Waals surface area (Å²) in [6.45, 7) is 0.721. The minimum atomic E-state index is 0.0928. The molecule has 0 bridgehead atoms. The summed E-state index contributed by atoms with van der Waals surface area (Å²) >= 11 is 0. The van der Waals surface area contributed by atoms with Crippen LogP contribution in [-0.4, -0.2) is 21.3 Å². The van der Waals surface area contributed by atoms with E-state index >= 15 is 0 Å². The van der Waals surface area contributed by atoms with Crippen molar-refractivity contribution in [1.29, 1.82) is 0 Å². The molecular formula is C15H26N4. The highest BCUT2D eigenvalue weighted by Gasteiger charge is 2.37. The first-order chi connectivity index (χ1) is 9.36. The lowest BCUT2D eigenvalue weighted by atomic mass is 9.79. The molecule has 106 valence electrons. The summed E-state index contributed by atoms with van der Waals surface area (Å²) in [7, 11) is 0. The van der Waals surface area contributed by atoms with E-state index in [2.05, 4.69) is 14.8 Å². The van der Waals surface area contributed by atoms with E-state index in [9.17, 15) is 0 Å². The molecule has 3 rings (SSSR count). The van der Waals surface area contributed by atoms with E-state index in [1.807, 2.05) is 6.33 Å². The lowest BCUT2D eigenvalue weighted by Crippen LogP contribution is -2.38. The average Bonchev–Trinajstić information content (AvgIpc) is 3.06. The van der Waals surface area contributed by atoms with Crippen molar-refractivity contribution in [2.45, 2.75) is 75.7 Å². The molecule has 0 saturated heterocycles. The molecule has 1 aromatic heterocycles. The van der Waals surface area contributed by atoms with Gasteiger partial charge in [0.1, 0.15) is 12.2 Å².